The van der Waals surface area contributed by atoms with Crippen molar-refractivity contribution in [2.45, 2.75) is 109 Å². The number of carbonyl (C=O) groups excluding carboxylic acids is 2. The Balaban J connectivity index is 1.63. The number of ketones is 1. The molecule has 0 saturated heterocycles. The van der Waals surface area contributed by atoms with Gasteiger partial charge in [-0.3, -0.25) is 9.59 Å². The van der Waals surface area contributed by atoms with Crippen molar-refractivity contribution in [2.24, 2.45) is 34.0 Å². The van der Waals surface area contributed by atoms with Crippen LogP contribution in [0.2, 0.25) is 0 Å². The first-order valence-electron chi connectivity index (χ1n) is 13.9. The normalized spacial score (nSPS) is 47.9. The molecule has 4 saturated carbocycles. The highest BCUT2D eigenvalue weighted by Crippen LogP contribution is 2.68. The summed E-state index contributed by atoms with van der Waals surface area (Å²) in [6, 6.07) is 0.441. The summed E-state index contributed by atoms with van der Waals surface area (Å²) >= 11 is 1.71. The second kappa shape index (κ2) is 10.1. The molecular formula is C29H47NO4S. The van der Waals surface area contributed by atoms with Gasteiger partial charge in [-0.05, 0) is 62.8 Å². The van der Waals surface area contributed by atoms with Crippen LogP contribution in [0, 0.1) is 34.0 Å². The third kappa shape index (κ3) is 4.44. The Morgan fingerprint density at radius 2 is 1.94 bits per heavy atom. The van der Waals surface area contributed by atoms with E-state index in [0.717, 1.165) is 32.1 Å². The highest BCUT2D eigenvalue weighted by molar-refractivity contribution is 8.00. The molecule has 198 valence electrons. The lowest BCUT2D eigenvalue weighted by molar-refractivity contribution is -0.205. The van der Waals surface area contributed by atoms with E-state index < -0.39 is 23.0 Å². The van der Waals surface area contributed by atoms with Crippen molar-refractivity contribution in [3.8, 4) is 0 Å². The third-order valence-electron chi connectivity index (χ3n) is 11.1. The van der Waals surface area contributed by atoms with E-state index in [1.165, 1.54) is 12.8 Å². The molecule has 6 unspecified atom stereocenters. The molecular weight excluding hydrogens is 458 g/mol. The molecule has 2 bridgehead atoms. The van der Waals surface area contributed by atoms with Gasteiger partial charge in [-0.15, -0.1) is 18.3 Å². The summed E-state index contributed by atoms with van der Waals surface area (Å²) in [4.78, 5) is 26.8. The number of aliphatic hydroxyl groups is 1. The first kappa shape index (κ1) is 27.2. The fourth-order valence-corrected chi connectivity index (χ4v) is 9.75. The highest BCUT2D eigenvalue weighted by Gasteiger charge is 2.68. The molecule has 2 N–H and O–H groups in total. The van der Waals surface area contributed by atoms with Gasteiger partial charge in [0.2, 0.25) is 0 Å². The Hall–Kier alpha value is -0.850. The molecule has 0 amide bonds. The van der Waals surface area contributed by atoms with E-state index in [2.05, 4.69) is 32.7 Å². The SMILES string of the molecule is C=C[C@]1(C)C[C@@H](OC(=O)CSC2CCCCC2NC)[C@]2(C)C(C)CCC3(CCC(=O)C32)[C@@H](C)C1O. The average Bonchev–Trinajstić information content (AvgIpc) is 3.21. The summed E-state index contributed by atoms with van der Waals surface area (Å²) in [5, 5.41) is 15.5. The van der Waals surface area contributed by atoms with Crippen LogP contribution in [0.25, 0.3) is 0 Å². The van der Waals surface area contributed by atoms with Crippen molar-refractivity contribution in [1.29, 1.82) is 0 Å². The van der Waals surface area contributed by atoms with Crippen molar-refractivity contribution >= 4 is 23.5 Å². The van der Waals surface area contributed by atoms with Crippen LogP contribution in [0.1, 0.15) is 85.5 Å². The third-order valence-corrected chi connectivity index (χ3v) is 12.5. The zero-order valence-corrected chi connectivity index (χ0v) is 23.3. The Bertz CT molecular complexity index is 833. The second-order valence-electron chi connectivity index (χ2n) is 12.6. The van der Waals surface area contributed by atoms with Gasteiger partial charge in [0.15, 0.2) is 0 Å². The molecule has 0 aromatic carbocycles. The number of hydrogen-bond donors (Lipinski definition) is 2. The molecule has 4 rings (SSSR count). The minimum Gasteiger partial charge on any atom is -0.461 e. The minimum atomic E-state index is -0.624. The molecule has 4 fully saturated rings. The quantitative estimate of drug-likeness (QED) is 0.384. The minimum absolute atomic E-state index is 0.00855. The standard InChI is InChI=1S/C29H47NO4S/c1-7-27(4)16-23(34-24(32)17-35-22-11-9-8-10-20(22)30-6)28(5)18(2)12-14-29(19(3)26(27)33)15-13-21(31)25(28)29/h7,18-20,22-23,25-26,30,33H,1,8-17H2,2-6H3/t18?,19-,20?,22?,23+,25?,26?,27+,28-,29?/m0/s1. The van der Waals surface area contributed by atoms with Crippen LogP contribution >= 0.6 is 11.8 Å². The van der Waals surface area contributed by atoms with E-state index in [9.17, 15) is 14.7 Å². The lowest BCUT2D eigenvalue weighted by Gasteiger charge is -2.61. The number of ether oxygens (including phenoxy) is 1. The number of thioether (sulfide) groups is 1. The molecule has 0 spiro atoms. The highest BCUT2D eigenvalue weighted by atomic mass is 32.2. The molecule has 35 heavy (non-hydrogen) atoms. The van der Waals surface area contributed by atoms with Gasteiger partial charge in [-0.25, -0.2) is 0 Å². The molecule has 4 aliphatic carbocycles. The fourth-order valence-electron chi connectivity index (χ4n) is 8.50. The average molecular weight is 506 g/mol. The first-order valence-corrected chi connectivity index (χ1v) is 14.9. The Labute approximate surface area is 216 Å². The van der Waals surface area contributed by atoms with Crippen molar-refractivity contribution in [2.75, 3.05) is 12.8 Å². The number of carbonyl (C=O) groups is 2. The molecule has 0 aromatic rings. The number of aliphatic hydroxyl groups excluding tert-OH is 1. The van der Waals surface area contributed by atoms with E-state index in [-0.39, 0.29) is 29.1 Å². The number of nitrogens with one attached hydrogen (secondary N) is 1. The van der Waals surface area contributed by atoms with Crippen molar-refractivity contribution in [1.82, 2.24) is 5.32 Å². The fraction of sp³-hybridized carbons (Fsp3) is 0.862. The maximum absolute atomic E-state index is 13.5. The summed E-state index contributed by atoms with van der Waals surface area (Å²) < 4.78 is 6.39. The maximum atomic E-state index is 13.5. The van der Waals surface area contributed by atoms with E-state index >= 15 is 0 Å². The zero-order valence-electron chi connectivity index (χ0n) is 22.5. The van der Waals surface area contributed by atoms with Crippen LogP contribution in [0.4, 0.5) is 0 Å². The van der Waals surface area contributed by atoms with E-state index in [1.54, 1.807) is 11.8 Å². The summed E-state index contributed by atoms with van der Waals surface area (Å²) in [6.07, 6.45) is 9.39. The lowest BCUT2D eigenvalue weighted by atomic mass is 9.44. The molecule has 0 heterocycles. The monoisotopic (exact) mass is 505 g/mol. The molecule has 0 radical (unpaired) electrons. The first-order chi connectivity index (χ1) is 16.5. The Morgan fingerprint density at radius 1 is 1.23 bits per heavy atom. The van der Waals surface area contributed by atoms with E-state index in [1.807, 2.05) is 20.0 Å². The molecule has 5 nitrogen and oxygen atoms in total. The number of hydrogen-bond acceptors (Lipinski definition) is 6. The lowest BCUT2D eigenvalue weighted by Crippen LogP contribution is -2.63. The van der Waals surface area contributed by atoms with Crippen LogP contribution in [0.5, 0.6) is 0 Å². The van der Waals surface area contributed by atoms with Gasteiger partial charge in [0.25, 0.3) is 0 Å². The summed E-state index contributed by atoms with van der Waals surface area (Å²) in [5.74, 6) is 0.523. The summed E-state index contributed by atoms with van der Waals surface area (Å²) in [7, 11) is 2.01. The predicted molar refractivity (Wildman–Crippen MR) is 142 cm³/mol. The van der Waals surface area contributed by atoms with Gasteiger partial charge in [0, 0.05) is 34.5 Å². The second-order valence-corrected chi connectivity index (χ2v) is 13.8. The van der Waals surface area contributed by atoms with Gasteiger partial charge in [-0.2, -0.15) is 0 Å². The van der Waals surface area contributed by atoms with Gasteiger partial charge >= 0.3 is 5.97 Å². The smallest absolute Gasteiger partial charge is 0.316 e. The molecule has 4 aliphatic rings. The van der Waals surface area contributed by atoms with Crippen molar-refractivity contribution in [3.63, 3.8) is 0 Å². The predicted octanol–water partition coefficient (Wildman–Crippen LogP) is 5.16. The van der Waals surface area contributed by atoms with Gasteiger partial charge in [0.1, 0.15) is 11.9 Å². The largest absolute Gasteiger partial charge is 0.461 e. The van der Waals surface area contributed by atoms with E-state index in [0.29, 0.717) is 35.7 Å². The van der Waals surface area contributed by atoms with Gasteiger partial charge in [-0.1, -0.05) is 46.6 Å². The van der Waals surface area contributed by atoms with Crippen LogP contribution < -0.4 is 5.32 Å². The van der Waals surface area contributed by atoms with Crippen molar-refractivity contribution in [3.05, 3.63) is 12.7 Å². The molecule has 0 aliphatic heterocycles. The van der Waals surface area contributed by atoms with Crippen LogP contribution in [-0.4, -0.2) is 53.2 Å². The van der Waals surface area contributed by atoms with Crippen LogP contribution in [0.15, 0.2) is 12.7 Å². The summed E-state index contributed by atoms with van der Waals surface area (Å²) in [5.41, 5.74) is -1.26. The number of rotatable bonds is 6. The van der Waals surface area contributed by atoms with Crippen LogP contribution in [0.3, 0.4) is 0 Å². The van der Waals surface area contributed by atoms with Crippen molar-refractivity contribution < 1.29 is 19.4 Å². The molecule has 6 heteroatoms. The van der Waals surface area contributed by atoms with E-state index in [4.69, 9.17) is 4.74 Å². The zero-order chi connectivity index (χ0) is 25.6. The van der Waals surface area contributed by atoms with Gasteiger partial charge < -0.3 is 15.2 Å². The van der Waals surface area contributed by atoms with Gasteiger partial charge in [0.05, 0.1) is 11.9 Å². The Kier molecular flexibility index (Phi) is 7.87. The molecule has 0 aromatic heterocycles. The number of Topliss-reactive ketones (excluding diaryl/α,β-unsaturated/α-hetero) is 1. The Morgan fingerprint density at radius 3 is 2.63 bits per heavy atom. The summed E-state index contributed by atoms with van der Waals surface area (Å²) in [6.45, 7) is 12.7. The maximum Gasteiger partial charge on any atom is 0.316 e. The topological polar surface area (TPSA) is 75.6 Å². The molecule has 10 atom stereocenters. The number of esters is 1. The van der Waals surface area contributed by atoms with Crippen LogP contribution in [-0.2, 0) is 14.3 Å².